The van der Waals surface area contributed by atoms with Crippen LogP contribution in [0.2, 0.25) is 0 Å². The summed E-state index contributed by atoms with van der Waals surface area (Å²) in [5.41, 5.74) is 3.03. The molecule has 0 spiro atoms. The van der Waals surface area contributed by atoms with Crippen molar-refractivity contribution in [3.63, 3.8) is 0 Å². The van der Waals surface area contributed by atoms with E-state index in [-0.39, 0.29) is 17.3 Å². The predicted octanol–water partition coefficient (Wildman–Crippen LogP) is 2.85. The number of amides is 1. The second-order valence-electron chi connectivity index (χ2n) is 6.36. The maximum absolute atomic E-state index is 12.4. The summed E-state index contributed by atoms with van der Waals surface area (Å²) in [5.74, 6) is -0.331. The SMILES string of the molecule is Cc1ccccc1Cn1cc(NC(=O)C(C)n2cc([N+](=O)[O-])c(C)n2)cn1. The molecule has 2 aromatic heterocycles. The van der Waals surface area contributed by atoms with Crippen LogP contribution in [0.15, 0.2) is 42.9 Å². The fraction of sp³-hybridized carbons (Fsp3) is 0.278. The largest absolute Gasteiger partial charge is 0.322 e. The Hall–Kier alpha value is -3.49. The van der Waals surface area contributed by atoms with Gasteiger partial charge in [0, 0.05) is 6.20 Å². The van der Waals surface area contributed by atoms with E-state index < -0.39 is 11.0 Å². The first kappa shape index (κ1) is 18.3. The number of carbonyl (C=O) groups excluding carboxylic acids is 1. The van der Waals surface area contributed by atoms with Gasteiger partial charge in [0.15, 0.2) is 0 Å². The molecule has 0 fully saturated rings. The maximum Gasteiger partial charge on any atom is 0.309 e. The molecule has 2 heterocycles. The molecule has 3 aromatic rings. The monoisotopic (exact) mass is 368 g/mol. The van der Waals surface area contributed by atoms with Gasteiger partial charge in [-0.25, -0.2) is 0 Å². The van der Waals surface area contributed by atoms with Crippen LogP contribution in [0, 0.1) is 24.0 Å². The molecule has 1 atom stereocenters. The second kappa shape index (κ2) is 7.40. The topological polar surface area (TPSA) is 108 Å². The number of hydrogen-bond donors (Lipinski definition) is 1. The molecule has 0 aliphatic heterocycles. The third kappa shape index (κ3) is 4.02. The van der Waals surface area contributed by atoms with Crippen LogP contribution in [0.5, 0.6) is 0 Å². The van der Waals surface area contributed by atoms with Gasteiger partial charge in [-0.3, -0.25) is 24.3 Å². The summed E-state index contributed by atoms with van der Waals surface area (Å²) in [4.78, 5) is 22.9. The Morgan fingerprint density at radius 2 is 2.04 bits per heavy atom. The molecule has 9 heteroatoms. The molecule has 3 rings (SSSR count). The summed E-state index contributed by atoms with van der Waals surface area (Å²) < 4.78 is 3.03. The Morgan fingerprint density at radius 3 is 2.70 bits per heavy atom. The first-order valence-corrected chi connectivity index (χ1v) is 8.43. The highest BCUT2D eigenvalue weighted by Gasteiger charge is 2.22. The molecule has 0 bridgehead atoms. The average molecular weight is 368 g/mol. The van der Waals surface area contributed by atoms with E-state index in [2.05, 4.69) is 15.5 Å². The Labute approximate surface area is 155 Å². The van der Waals surface area contributed by atoms with Gasteiger partial charge in [-0.05, 0) is 31.9 Å². The van der Waals surface area contributed by atoms with E-state index in [9.17, 15) is 14.9 Å². The normalized spacial score (nSPS) is 12.0. The summed E-state index contributed by atoms with van der Waals surface area (Å²) in [5, 5.41) is 22.0. The molecule has 27 heavy (non-hydrogen) atoms. The summed E-state index contributed by atoms with van der Waals surface area (Å²) in [6, 6.07) is 7.33. The Kier molecular flexibility index (Phi) is 5.02. The summed E-state index contributed by atoms with van der Waals surface area (Å²) in [6.07, 6.45) is 4.58. The molecule has 1 unspecified atom stereocenters. The van der Waals surface area contributed by atoms with Crippen molar-refractivity contribution in [3.05, 3.63) is 69.8 Å². The molecule has 0 saturated heterocycles. The lowest BCUT2D eigenvalue weighted by atomic mass is 10.1. The van der Waals surface area contributed by atoms with E-state index in [1.54, 1.807) is 24.0 Å². The van der Waals surface area contributed by atoms with E-state index in [0.29, 0.717) is 12.2 Å². The number of anilines is 1. The highest BCUT2D eigenvalue weighted by Crippen LogP contribution is 2.19. The van der Waals surface area contributed by atoms with E-state index in [0.717, 1.165) is 5.56 Å². The Bertz CT molecular complexity index is 991. The van der Waals surface area contributed by atoms with Crippen LogP contribution in [0.3, 0.4) is 0 Å². The van der Waals surface area contributed by atoms with Crippen LogP contribution < -0.4 is 5.32 Å². The van der Waals surface area contributed by atoms with Gasteiger partial charge >= 0.3 is 5.69 Å². The van der Waals surface area contributed by atoms with Crippen LogP contribution >= 0.6 is 0 Å². The van der Waals surface area contributed by atoms with Crippen LogP contribution in [0.4, 0.5) is 11.4 Å². The highest BCUT2D eigenvalue weighted by molar-refractivity contribution is 5.93. The van der Waals surface area contributed by atoms with Crippen molar-refractivity contribution in [1.29, 1.82) is 0 Å². The zero-order chi connectivity index (χ0) is 19.6. The lowest BCUT2D eigenvalue weighted by molar-refractivity contribution is -0.385. The molecule has 0 aliphatic carbocycles. The molecule has 9 nitrogen and oxygen atoms in total. The molecule has 0 radical (unpaired) electrons. The van der Waals surface area contributed by atoms with E-state index in [1.807, 2.05) is 31.2 Å². The van der Waals surface area contributed by atoms with Crippen molar-refractivity contribution in [3.8, 4) is 0 Å². The summed E-state index contributed by atoms with van der Waals surface area (Å²) in [7, 11) is 0. The average Bonchev–Trinajstić information content (AvgIpc) is 3.22. The maximum atomic E-state index is 12.4. The molecule has 0 saturated carbocycles. The zero-order valence-corrected chi connectivity index (χ0v) is 15.3. The standard InChI is InChI=1S/C18H20N6O3/c1-12-6-4-5-7-15(12)9-22-10-16(8-19-22)20-18(25)14(3)23-11-17(24(26)27)13(2)21-23/h4-8,10-11,14H,9H2,1-3H3,(H,20,25). The lowest BCUT2D eigenvalue weighted by Crippen LogP contribution is -2.24. The third-order valence-electron chi connectivity index (χ3n) is 4.36. The zero-order valence-electron chi connectivity index (χ0n) is 15.3. The number of benzene rings is 1. The van der Waals surface area contributed by atoms with Gasteiger partial charge < -0.3 is 5.32 Å². The first-order valence-electron chi connectivity index (χ1n) is 8.43. The molecule has 0 aliphatic rings. The molecule has 1 aromatic carbocycles. The van der Waals surface area contributed by atoms with Crippen LogP contribution in [-0.2, 0) is 11.3 Å². The minimum atomic E-state index is -0.697. The van der Waals surface area contributed by atoms with E-state index in [1.165, 1.54) is 23.4 Å². The molecular formula is C18H20N6O3. The van der Waals surface area contributed by atoms with Crippen LogP contribution in [0.25, 0.3) is 0 Å². The van der Waals surface area contributed by atoms with Gasteiger partial charge in [0.25, 0.3) is 0 Å². The molecule has 140 valence electrons. The fourth-order valence-corrected chi connectivity index (χ4v) is 2.69. The predicted molar refractivity (Wildman–Crippen MR) is 99.5 cm³/mol. The molecule has 1 N–H and O–H groups in total. The van der Waals surface area contributed by atoms with Crippen LogP contribution in [0.1, 0.15) is 29.8 Å². The van der Waals surface area contributed by atoms with Crippen molar-refractivity contribution in [1.82, 2.24) is 19.6 Å². The summed E-state index contributed by atoms with van der Waals surface area (Å²) in [6.45, 7) is 5.80. The van der Waals surface area contributed by atoms with Gasteiger partial charge in [0.05, 0.1) is 23.4 Å². The van der Waals surface area contributed by atoms with E-state index >= 15 is 0 Å². The number of carbonyl (C=O) groups is 1. The number of nitro groups is 1. The molecular weight excluding hydrogens is 348 g/mol. The number of hydrogen-bond acceptors (Lipinski definition) is 5. The minimum absolute atomic E-state index is 0.110. The van der Waals surface area contributed by atoms with Crippen molar-refractivity contribution < 1.29 is 9.72 Å². The second-order valence-corrected chi connectivity index (χ2v) is 6.36. The highest BCUT2D eigenvalue weighted by atomic mass is 16.6. The van der Waals surface area contributed by atoms with Crippen molar-refractivity contribution >= 4 is 17.3 Å². The summed E-state index contributed by atoms with van der Waals surface area (Å²) >= 11 is 0. The van der Waals surface area contributed by atoms with Gasteiger partial charge in [0.1, 0.15) is 17.9 Å². The smallest absolute Gasteiger partial charge is 0.309 e. The number of aromatic nitrogens is 4. The van der Waals surface area contributed by atoms with Crippen molar-refractivity contribution in [2.45, 2.75) is 33.4 Å². The van der Waals surface area contributed by atoms with Gasteiger partial charge in [-0.2, -0.15) is 10.2 Å². The van der Waals surface area contributed by atoms with Crippen molar-refractivity contribution in [2.24, 2.45) is 0 Å². The number of aryl methyl sites for hydroxylation is 2. The third-order valence-corrected chi connectivity index (χ3v) is 4.36. The number of nitrogens with one attached hydrogen (secondary N) is 1. The Morgan fingerprint density at radius 1 is 1.30 bits per heavy atom. The number of nitrogens with zero attached hydrogens (tertiary/aromatic N) is 5. The molecule has 1 amide bonds. The van der Waals surface area contributed by atoms with Crippen LogP contribution in [-0.4, -0.2) is 30.4 Å². The fourth-order valence-electron chi connectivity index (χ4n) is 2.69. The first-order chi connectivity index (χ1) is 12.8. The quantitative estimate of drug-likeness (QED) is 0.532. The lowest BCUT2D eigenvalue weighted by Gasteiger charge is -2.11. The van der Waals surface area contributed by atoms with Gasteiger partial charge in [-0.15, -0.1) is 0 Å². The van der Waals surface area contributed by atoms with Crippen molar-refractivity contribution in [2.75, 3.05) is 5.32 Å². The van der Waals surface area contributed by atoms with Gasteiger partial charge in [0.2, 0.25) is 5.91 Å². The van der Waals surface area contributed by atoms with Gasteiger partial charge in [-0.1, -0.05) is 24.3 Å². The minimum Gasteiger partial charge on any atom is -0.322 e. The van der Waals surface area contributed by atoms with E-state index in [4.69, 9.17) is 0 Å². The Balaban J connectivity index is 1.68. The number of rotatable bonds is 6.